The highest BCUT2D eigenvalue weighted by Gasteiger charge is 2.49. The smallest absolute Gasteiger partial charge is 0.237 e. The van der Waals surface area contributed by atoms with E-state index in [0.29, 0.717) is 18.4 Å². The van der Waals surface area contributed by atoms with Gasteiger partial charge in [-0.1, -0.05) is 30.3 Å². The van der Waals surface area contributed by atoms with Gasteiger partial charge in [0.05, 0.1) is 18.3 Å². The van der Waals surface area contributed by atoms with Crippen molar-refractivity contribution in [2.24, 2.45) is 11.8 Å². The minimum Gasteiger partial charge on any atom is -0.334 e. The average molecular weight is 393 g/mol. The Bertz CT molecular complexity index is 863. The highest BCUT2D eigenvalue weighted by atomic mass is 16.2. The largest absolute Gasteiger partial charge is 0.334 e. The summed E-state index contributed by atoms with van der Waals surface area (Å²) in [6.45, 7) is 8.51. The van der Waals surface area contributed by atoms with E-state index < -0.39 is 0 Å². The molecule has 2 aromatic rings. The quantitative estimate of drug-likeness (QED) is 0.784. The molecule has 5 nitrogen and oxygen atoms in total. The number of likely N-dealkylation sites (tertiary alicyclic amines) is 2. The number of rotatable bonds is 5. The molecule has 0 N–H and O–H groups in total. The summed E-state index contributed by atoms with van der Waals surface area (Å²) in [6, 6.07) is 13.0. The zero-order chi connectivity index (χ0) is 20.5. The second-order valence-electron chi connectivity index (χ2n) is 9.03. The number of carbonyl (C=O) groups is 1. The van der Waals surface area contributed by atoms with Crippen LogP contribution in [0.15, 0.2) is 42.6 Å². The molecule has 1 amide bonds. The van der Waals surface area contributed by atoms with Gasteiger partial charge in [0.15, 0.2) is 0 Å². The predicted octanol–water partition coefficient (Wildman–Crippen LogP) is 2.89. The molecule has 29 heavy (non-hydrogen) atoms. The number of pyridine rings is 1. The average Bonchev–Trinajstić information content (AvgIpc) is 3.21. The first-order valence-electron chi connectivity index (χ1n) is 10.6. The maximum atomic E-state index is 13.0. The highest BCUT2D eigenvalue weighted by molar-refractivity contribution is 5.79. The first kappa shape index (κ1) is 20.0. The molecule has 0 bridgehead atoms. The van der Waals surface area contributed by atoms with Gasteiger partial charge in [-0.3, -0.25) is 14.7 Å². The molecule has 1 aromatic heterocycles. The molecular formula is C24H32N4O. The summed E-state index contributed by atoms with van der Waals surface area (Å²) >= 11 is 0. The molecule has 3 heterocycles. The molecule has 2 aliphatic rings. The minimum atomic E-state index is 0.171. The van der Waals surface area contributed by atoms with Crippen LogP contribution in [-0.2, 0) is 11.3 Å². The van der Waals surface area contributed by atoms with Crippen LogP contribution in [0.4, 0.5) is 0 Å². The minimum absolute atomic E-state index is 0.171. The van der Waals surface area contributed by atoms with Gasteiger partial charge in [-0.25, -0.2) is 0 Å². The fourth-order valence-electron chi connectivity index (χ4n) is 5.02. The van der Waals surface area contributed by atoms with Crippen LogP contribution in [0.5, 0.6) is 0 Å². The number of aromatic nitrogens is 1. The zero-order valence-corrected chi connectivity index (χ0v) is 18.0. The summed E-state index contributed by atoms with van der Waals surface area (Å²) in [5, 5.41) is 0. The third-order valence-electron chi connectivity index (χ3n) is 6.38. The lowest BCUT2D eigenvalue weighted by Gasteiger charge is -2.31. The molecule has 2 saturated heterocycles. The van der Waals surface area contributed by atoms with Crippen LogP contribution in [0.25, 0.3) is 0 Å². The molecule has 3 atom stereocenters. The Balaban J connectivity index is 1.56. The summed E-state index contributed by atoms with van der Waals surface area (Å²) in [5.74, 6) is 1.24. The number of hydrogen-bond donors (Lipinski definition) is 0. The van der Waals surface area contributed by atoms with Gasteiger partial charge < -0.3 is 9.80 Å². The van der Waals surface area contributed by atoms with E-state index in [1.807, 2.05) is 25.2 Å². The van der Waals surface area contributed by atoms with Gasteiger partial charge in [0.1, 0.15) is 0 Å². The van der Waals surface area contributed by atoms with Crippen LogP contribution in [0, 0.1) is 25.7 Å². The Hall–Kier alpha value is -2.24. The van der Waals surface area contributed by atoms with Crippen molar-refractivity contribution in [3.8, 4) is 0 Å². The molecule has 0 aliphatic carbocycles. The normalized spacial score (nSPS) is 24.3. The van der Waals surface area contributed by atoms with Crippen molar-refractivity contribution in [1.29, 1.82) is 0 Å². The monoisotopic (exact) mass is 392 g/mol. The SMILES string of the molecule is Cc1ccc(CN2C[C@@H]3CN(C(=O)CN(C)C)[C@@H](c4ccccc4C)[C@@H]3C2)nc1. The van der Waals surface area contributed by atoms with E-state index in [1.165, 1.54) is 16.7 Å². The standard InChI is InChI=1S/C24H32N4O/c1-17-9-10-20(25-11-17)14-27-12-19-13-28(23(29)16-26(3)4)24(22(19)15-27)21-8-6-5-7-18(21)2/h5-11,19,22,24H,12-16H2,1-4H3/t19-,22-,24+/m1/s1. The Morgan fingerprint density at radius 3 is 2.59 bits per heavy atom. The number of hydrogen-bond acceptors (Lipinski definition) is 4. The van der Waals surface area contributed by atoms with Crippen molar-refractivity contribution in [2.45, 2.75) is 26.4 Å². The summed E-state index contributed by atoms with van der Waals surface area (Å²) in [5.41, 5.74) is 4.91. The molecule has 0 radical (unpaired) electrons. The molecule has 154 valence electrons. The summed E-state index contributed by atoms with van der Waals surface area (Å²) < 4.78 is 0. The molecule has 4 rings (SSSR count). The van der Waals surface area contributed by atoms with Crippen molar-refractivity contribution in [3.63, 3.8) is 0 Å². The van der Waals surface area contributed by atoms with Gasteiger partial charge in [0.25, 0.3) is 0 Å². The van der Waals surface area contributed by atoms with Gasteiger partial charge in [0, 0.05) is 38.3 Å². The number of fused-ring (bicyclic) bond motifs is 1. The molecular weight excluding hydrogens is 360 g/mol. The predicted molar refractivity (Wildman–Crippen MR) is 115 cm³/mol. The second kappa shape index (κ2) is 8.25. The Morgan fingerprint density at radius 1 is 1.10 bits per heavy atom. The second-order valence-corrected chi connectivity index (χ2v) is 9.03. The third kappa shape index (κ3) is 4.21. The number of amides is 1. The first-order valence-corrected chi connectivity index (χ1v) is 10.6. The van der Waals surface area contributed by atoms with Gasteiger partial charge in [-0.15, -0.1) is 0 Å². The van der Waals surface area contributed by atoms with Crippen molar-refractivity contribution >= 4 is 5.91 Å². The fourth-order valence-corrected chi connectivity index (χ4v) is 5.02. The lowest BCUT2D eigenvalue weighted by molar-refractivity contribution is -0.133. The molecule has 0 unspecified atom stereocenters. The van der Waals surface area contributed by atoms with Crippen LogP contribution < -0.4 is 0 Å². The van der Waals surface area contributed by atoms with Gasteiger partial charge in [0.2, 0.25) is 5.91 Å². The molecule has 1 aromatic carbocycles. The van der Waals surface area contributed by atoms with E-state index in [2.05, 4.69) is 65.0 Å². The zero-order valence-electron chi connectivity index (χ0n) is 18.0. The molecule has 0 spiro atoms. The number of benzene rings is 1. The number of likely N-dealkylation sites (N-methyl/N-ethyl adjacent to an activating group) is 1. The van der Waals surface area contributed by atoms with Crippen LogP contribution in [0.2, 0.25) is 0 Å². The van der Waals surface area contributed by atoms with Crippen LogP contribution >= 0.6 is 0 Å². The van der Waals surface area contributed by atoms with Gasteiger partial charge >= 0.3 is 0 Å². The van der Waals surface area contributed by atoms with E-state index >= 15 is 0 Å². The van der Waals surface area contributed by atoms with Crippen molar-refractivity contribution < 1.29 is 4.79 Å². The van der Waals surface area contributed by atoms with Crippen molar-refractivity contribution in [1.82, 2.24) is 19.7 Å². The van der Waals surface area contributed by atoms with E-state index in [1.54, 1.807) is 0 Å². The van der Waals surface area contributed by atoms with Crippen LogP contribution in [-0.4, -0.2) is 65.9 Å². The number of aryl methyl sites for hydroxylation is 2. The van der Waals surface area contributed by atoms with E-state index in [0.717, 1.165) is 31.9 Å². The highest BCUT2D eigenvalue weighted by Crippen LogP contribution is 2.46. The van der Waals surface area contributed by atoms with E-state index in [-0.39, 0.29) is 11.9 Å². The molecule has 0 saturated carbocycles. The Morgan fingerprint density at radius 2 is 1.90 bits per heavy atom. The van der Waals surface area contributed by atoms with Crippen molar-refractivity contribution in [3.05, 3.63) is 65.0 Å². The van der Waals surface area contributed by atoms with Gasteiger partial charge in [-0.05, 0) is 56.6 Å². The molecule has 2 fully saturated rings. The Kier molecular flexibility index (Phi) is 5.70. The van der Waals surface area contributed by atoms with Gasteiger partial charge in [-0.2, -0.15) is 0 Å². The summed E-state index contributed by atoms with van der Waals surface area (Å²) in [4.78, 5) is 24.3. The van der Waals surface area contributed by atoms with Crippen molar-refractivity contribution in [2.75, 3.05) is 40.3 Å². The van der Waals surface area contributed by atoms with E-state index in [4.69, 9.17) is 0 Å². The summed E-state index contributed by atoms with van der Waals surface area (Å²) in [6.07, 6.45) is 1.95. The lowest BCUT2D eigenvalue weighted by Crippen LogP contribution is -2.40. The first-order chi connectivity index (χ1) is 13.9. The van der Waals surface area contributed by atoms with Crippen LogP contribution in [0.3, 0.4) is 0 Å². The fraction of sp³-hybridized carbons (Fsp3) is 0.500. The summed E-state index contributed by atoms with van der Waals surface area (Å²) in [7, 11) is 3.93. The van der Waals surface area contributed by atoms with Crippen LogP contribution in [0.1, 0.15) is 28.4 Å². The molecule has 5 heteroatoms. The lowest BCUT2D eigenvalue weighted by atomic mass is 9.87. The maximum Gasteiger partial charge on any atom is 0.237 e. The number of nitrogens with zero attached hydrogens (tertiary/aromatic N) is 4. The number of carbonyl (C=O) groups excluding carboxylic acids is 1. The topological polar surface area (TPSA) is 39.7 Å². The molecule has 2 aliphatic heterocycles. The maximum absolute atomic E-state index is 13.0. The Labute approximate surface area is 174 Å². The van der Waals surface area contributed by atoms with E-state index in [9.17, 15) is 4.79 Å². The third-order valence-corrected chi connectivity index (χ3v) is 6.38.